The maximum atomic E-state index is 11.5. The number of amides is 1. The van der Waals surface area contributed by atoms with Gasteiger partial charge in [0.1, 0.15) is 0 Å². The molecule has 18 heavy (non-hydrogen) atoms. The van der Waals surface area contributed by atoms with Crippen molar-refractivity contribution in [3.05, 3.63) is 24.3 Å². The highest BCUT2D eigenvalue weighted by Crippen LogP contribution is 2.25. The van der Waals surface area contributed by atoms with Crippen molar-refractivity contribution in [1.29, 1.82) is 0 Å². The molecule has 5 nitrogen and oxygen atoms in total. The Kier molecular flexibility index (Phi) is 7.91. The van der Waals surface area contributed by atoms with E-state index in [0.29, 0.717) is 18.0 Å². The van der Waals surface area contributed by atoms with E-state index >= 15 is 0 Å². The standard InChI is InChI=1S/C12H18N2O3.ClH/c1-9(7-13)14-12(15)8-17-11-6-4-3-5-10(11)16-2;/h3-6,9H,7-8,13H2,1-2H3,(H,14,15);1H/t9-;/m0./s1. The fourth-order valence-corrected chi connectivity index (χ4v) is 1.26. The number of benzene rings is 1. The Labute approximate surface area is 113 Å². The number of hydrogen-bond donors (Lipinski definition) is 2. The fourth-order valence-electron chi connectivity index (χ4n) is 1.26. The highest BCUT2D eigenvalue weighted by molar-refractivity contribution is 5.85. The first-order chi connectivity index (χ1) is 8.17. The molecule has 0 bridgehead atoms. The van der Waals surface area contributed by atoms with Crippen LogP contribution in [0.25, 0.3) is 0 Å². The van der Waals surface area contributed by atoms with Gasteiger partial charge in [0.2, 0.25) is 0 Å². The van der Waals surface area contributed by atoms with Crippen LogP contribution in [0.15, 0.2) is 24.3 Å². The van der Waals surface area contributed by atoms with Crippen LogP contribution >= 0.6 is 12.4 Å². The van der Waals surface area contributed by atoms with Crippen molar-refractivity contribution in [2.75, 3.05) is 20.3 Å². The average molecular weight is 275 g/mol. The SMILES string of the molecule is COc1ccccc1OCC(=O)N[C@@H](C)CN.Cl. The summed E-state index contributed by atoms with van der Waals surface area (Å²) in [6, 6.07) is 7.12. The van der Waals surface area contributed by atoms with E-state index in [1.807, 2.05) is 19.1 Å². The molecule has 0 radical (unpaired) electrons. The number of methoxy groups -OCH3 is 1. The predicted octanol–water partition coefficient (Wildman–Crippen LogP) is 0.959. The van der Waals surface area contributed by atoms with Gasteiger partial charge < -0.3 is 20.5 Å². The molecule has 0 saturated heterocycles. The Morgan fingerprint density at radius 1 is 1.39 bits per heavy atom. The summed E-state index contributed by atoms with van der Waals surface area (Å²) in [5, 5.41) is 2.71. The first-order valence-electron chi connectivity index (χ1n) is 5.42. The molecule has 1 aromatic carbocycles. The van der Waals surface area contributed by atoms with Gasteiger partial charge in [-0.05, 0) is 19.1 Å². The lowest BCUT2D eigenvalue weighted by Crippen LogP contribution is -2.40. The molecule has 6 heteroatoms. The highest BCUT2D eigenvalue weighted by Gasteiger charge is 2.08. The highest BCUT2D eigenvalue weighted by atomic mass is 35.5. The smallest absolute Gasteiger partial charge is 0.258 e. The summed E-state index contributed by atoms with van der Waals surface area (Å²) in [5.41, 5.74) is 5.40. The number of carbonyl (C=O) groups is 1. The molecular weight excluding hydrogens is 256 g/mol. The van der Waals surface area contributed by atoms with Gasteiger partial charge in [0.25, 0.3) is 5.91 Å². The van der Waals surface area contributed by atoms with Gasteiger partial charge in [0.15, 0.2) is 18.1 Å². The number of carbonyl (C=O) groups excluding carboxylic acids is 1. The molecule has 1 aromatic rings. The molecule has 0 spiro atoms. The average Bonchev–Trinajstić information content (AvgIpc) is 2.36. The summed E-state index contributed by atoms with van der Waals surface area (Å²) in [4.78, 5) is 11.5. The summed E-state index contributed by atoms with van der Waals surface area (Å²) in [5.74, 6) is 0.951. The fraction of sp³-hybridized carbons (Fsp3) is 0.417. The van der Waals surface area contributed by atoms with Crippen molar-refractivity contribution in [2.45, 2.75) is 13.0 Å². The molecule has 102 valence electrons. The topological polar surface area (TPSA) is 73.6 Å². The third kappa shape index (κ3) is 5.25. The van der Waals surface area contributed by atoms with Crippen LogP contribution in [0.5, 0.6) is 11.5 Å². The minimum Gasteiger partial charge on any atom is -0.493 e. The van der Waals surface area contributed by atoms with E-state index in [4.69, 9.17) is 15.2 Å². The van der Waals surface area contributed by atoms with E-state index in [1.165, 1.54) is 0 Å². The summed E-state index contributed by atoms with van der Waals surface area (Å²) in [6.07, 6.45) is 0. The number of rotatable bonds is 6. The molecule has 1 atom stereocenters. The minimum atomic E-state index is -0.200. The van der Waals surface area contributed by atoms with Crippen LogP contribution in [-0.4, -0.2) is 32.2 Å². The molecular formula is C12H19ClN2O3. The lowest BCUT2D eigenvalue weighted by atomic mass is 10.3. The number of hydrogen-bond acceptors (Lipinski definition) is 4. The summed E-state index contributed by atoms with van der Waals surface area (Å²) in [6.45, 7) is 2.19. The van der Waals surface area contributed by atoms with Crippen molar-refractivity contribution < 1.29 is 14.3 Å². The van der Waals surface area contributed by atoms with Crippen LogP contribution in [0.2, 0.25) is 0 Å². The second kappa shape index (κ2) is 8.60. The zero-order chi connectivity index (χ0) is 12.7. The van der Waals surface area contributed by atoms with E-state index in [1.54, 1.807) is 19.2 Å². The van der Waals surface area contributed by atoms with Gasteiger partial charge in [-0.2, -0.15) is 0 Å². The van der Waals surface area contributed by atoms with Gasteiger partial charge in [0.05, 0.1) is 7.11 Å². The Balaban J connectivity index is 0.00000289. The number of halogens is 1. The zero-order valence-corrected chi connectivity index (χ0v) is 11.3. The van der Waals surface area contributed by atoms with Crippen LogP contribution < -0.4 is 20.5 Å². The monoisotopic (exact) mass is 274 g/mol. The molecule has 3 N–H and O–H groups in total. The van der Waals surface area contributed by atoms with E-state index in [0.717, 1.165) is 0 Å². The van der Waals surface area contributed by atoms with E-state index in [2.05, 4.69) is 5.32 Å². The molecule has 0 heterocycles. The van der Waals surface area contributed by atoms with Crippen LogP contribution in [0.4, 0.5) is 0 Å². The maximum absolute atomic E-state index is 11.5. The molecule has 0 aromatic heterocycles. The van der Waals surface area contributed by atoms with Crippen LogP contribution in [0.1, 0.15) is 6.92 Å². The first-order valence-corrected chi connectivity index (χ1v) is 5.42. The van der Waals surface area contributed by atoms with Gasteiger partial charge in [-0.3, -0.25) is 4.79 Å². The van der Waals surface area contributed by atoms with Gasteiger partial charge in [0, 0.05) is 12.6 Å². The van der Waals surface area contributed by atoms with Gasteiger partial charge in [-0.25, -0.2) is 0 Å². The summed E-state index contributed by atoms with van der Waals surface area (Å²) < 4.78 is 10.5. The van der Waals surface area contributed by atoms with Gasteiger partial charge in [-0.15, -0.1) is 12.4 Å². The molecule has 0 fully saturated rings. The third-order valence-corrected chi connectivity index (χ3v) is 2.19. The predicted molar refractivity (Wildman–Crippen MR) is 72.4 cm³/mol. The van der Waals surface area contributed by atoms with Crippen LogP contribution in [0.3, 0.4) is 0 Å². The number of para-hydroxylation sites is 2. The Bertz CT molecular complexity index is 374. The van der Waals surface area contributed by atoms with E-state index in [-0.39, 0.29) is 31.0 Å². The lowest BCUT2D eigenvalue weighted by Gasteiger charge is -2.13. The lowest BCUT2D eigenvalue weighted by molar-refractivity contribution is -0.123. The molecule has 1 rings (SSSR count). The van der Waals surface area contributed by atoms with Gasteiger partial charge in [-0.1, -0.05) is 12.1 Å². The molecule has 1 amide bonds. The Morgan fingerprint density at radius 2 is 2.00 bits per heavy atom. The largest absolute Gasteiger partial charge is 0.493 e. The quantitative estimate of drug-likeness (QED) is 0.810. The third-order valence-electron chi connectivity index (χ3n) is 2.19. The molecule has 0 aliphatic rings. The van der Waals surface area contributed by atoms with Crippen molar-refractivity contribution in [3.8, 4) is 11.5 Å². The number of nitrogens with one attached hydrogen (secondary N) is 1. The second-order valence-electron chi connectivity index (χ2n) is 3.64. The molecule has 0 aliphatic carbocycles. The number of ether oxygens (including phenoxy) is 2. The molecule has 0 unspecified atom stereocenters. The van der Waals surface area contributed by atoms with Gasteiger partial charge >= 0.3 is 0 Å². The van der Waals surface area contributed by atoms with Crippen molar-refractivity contribution in [3.63, 3.8) is 0 Å². The number of nitrogens with two attached hydrogens (primary N) is 1. The zero-order valence-electron chi connectivity index (χ0n) is 10.5. The normalized spacial score (nSPS) is 11.1. The summed E-state index contributed by atoms with van der Waals surface area (Å²) >= 11 is 0. The Hall–Kier alpha value is -1.46. The molecule has 0 saturated carbocycles. The first kappa shape index (κ1) is 16.5. The second-order valence-corrected chi connectivity index (χ2v) is 3.64. The van der Waals surface area contributed by atoms with Crippen molar-refractivity contribution in [1.82, 2.24) is 5.32 Å². The Morgan fingerprint density at radius 3 is 2.56 bits per heavy atom. The van der Waals surface area contributed by atoms with Crippen molar-refractivity contribution in [2.24, 2.45) is 5.73 Å². The van der Waals surface area contributed by atoms with E-state index < -0.39 is 0 Å². The van der Waals surface area contributed by atoms with Crippen LogP contribution in [0, 0.1) is 0 Å². The van der Waals surface area contributed by atoms with E-state index in [9.17, 15) is 4.79 Å². The maximum Gasteiger partial charge on any atom is 0.258 e. The van der Waals surface area contributed by atoms with Crippen molar-refractivity contribution >= 4 is 18.3 Å². The minimum absolute atomic E-state index is 0. The molecule has 0 aliphatic heterocycles. The summed E-state index contributed by atoms with van der Waals surface area (Å²) in [7, 11) is 1.55. The van der Waals surface area contributed by atoms with Crippen LogP contribution in [-0.2, 0) is 4.79 Å².